The molecule has 0 amide bonds. The lowest BCUT2D eigenvalue weighted by Gasteiger charge is -2.20. The maximum atomic E-state index is 9.39. The molecule has 0 radical (unpaired) electrons. The fraction of sp³-hybridized carbons (Fsp3) is 0.600. The Kier molecular flexibility index (Phi) is 4.88. The van der Waals surface area contributed by atoms with Crippen molar-refractivity contribution >= 4 is 0 Å². The molecule has 3 nitrogen and oxygen atoms in total. The highest BCUT2D eigenvalue weighted by Gasteiger charge is 2.18. The molecule has 1 aromatic carbocycles. The maximum absolute atomic E-state index is 9.39. The lowest BCUT2D eigenvalue weighted by Crippen LogP contribution is -2.16. The van der Waals surface area contributed by atoms with Crippen molar-refractivity contribution in [1.82, 2.24) is 0 Å². The summed E-state index contributed by atoms with van der Waals surface area (Å²) in [4.78, 5) is 0. The first-order valence-electron chi connectivity index (χ1n) is 6.78. The molecule has 0 heterocycles. The number of ether oxygens (including phenoxy) is 2. The van der Waals surface area contributed by atoms with E-state index < -0.39 is 0 Å². The van der Waals surface area contributed by atoms with Crippen LogP contribution in [0.3, 0.4) is 0 Å². The van der Waals surface area contributed by atoms with Gasteiger partial charge in [0.15, 0.2) is 11.5 Å². The Bertz CT molecular complexity index is 346. The second-order valence-corrected chi connectivity index (χ2v) is 4.84. The molecule has 0 saturated heterocycles. The minimum absolute atomic E-state index is 0.0146. The van der Waals surface area contributed by atoms with Gasteiger partial charge in [-0.15, -0.1) is 0 Å². The number of rotatable bonds is 4. The molecule has 1 aliphatic rings. The number of aliphatic hydroxyl groups is 1. The predicted octanol–water partition coefficient (Wildman–Crippen LogP) is 3.29. The minimum atomic E-state index is -0.0146. The molecule has 1 saturated carbocycles. The summed E-state index contributed by atoms with van der Waals surface area (Å²) >= 11 is 0. The largest absolute Gasteiger partial charge is 0.493 e. The average molecular weight is 250 g/mol. The first kappa shape index (κ1) is 13.2. The maximum Gasteiger partial charge on any atom is 0.167 e. The lowest BCUT2D eigenvalue weighted by atomic mass is 10.1. The summed E-state index contributed by atoms with van der Waals surface area (Å²) in [5.41, 5.74) is 0.804. The van der Waals surface area contributed by atoms with Crippen LogP contribution in [0.15, 0.2) is 18.2 Å². The van der Waals surface area contributed by atoms with Gasteiger partial charge in [-0.3, -0.25) is 0 Å². The summed E-state index contributed by atoms with van der Waals surface area (Å²) in [6.45, 7) is -0.0146. The summed E-state index contributed by atoms with van der Waals surface area (Å²) in [7, 11) is 1.64. The SMILES string of the molecule is COc1cccc(CO)c1OC1CCCCCC1. The summed E-state index contributed by atoms with van der Waals surface area (Å²) in [6, 6.07) is 5.64. The van der Waals surface area contributed by atoms with Gasteiger partial charge >= 0.3 is 0 Å². The topological polar surface area (TPSA) is 38.7 Å². The van der Waals surface area contributed by atoms with Crippen molar-refractivity contribution < 1.29 is 14.6 Å². The summed E-state index contributed by atoms with van der Waals surface area (Å²) in [5, 5.41) is 9.39. The monoisotopic (exact) mass is 250 g/mol. The molecule has 0 atom stereocenters. The quantitative estimate of drug-likeness (QED) is 0.833. The van der Waals surface area contributed by atoms with Crippen LogP contribution < -0.4 is 9.47 Å². The highest BCUT2D eigenvalue weighted by Crippen LogP contribution is 2.34. The molecule has 1 aliphatic carbocycles. The van der Waals surface area contributed by atoms with Gasteiger partial charge < -0.3 is 14.6 Å². The van der Waals surface area contributed by atoms with Gasteiger partial charge in [0, 0.05) is 5.56 Å². The van der Waals surface area contributed by atoms with Gasteiger partial charge in [-0.05, 0) is 31.7 Å². The number of hydrogen-bond acceptors (Lipinski definition) is 3. The van der Waals surface area contributed by atoms with Crippen molar-refractivity contribution in [3.8, 4) is 11.5 Å². The van der Waals surface area contributed by atoms with Gasteiger partial charge in [-0.25, -0.2) is 0 Å². The molecule has 3 heteroatoms. The predicted molar refractivity (Wildman–Crippen MR) is 71.0 cm³/mol. The zero-order valence-electron chi connectivity index (χ0n) is 11.0. The van der Waals surface area contributed by atoms with Crippen LogP contribution in [0.1, 0.15) is 44.1 Å². The smallest absolute Gasteiger partial charge is 0.167 e. The Morgan fingerprint density at radius 3 is 2.50 bits per heavy atom. The van der Waals surface area contributed by atoms with Crippen LogP contribution in [0.25, 0.3) is 0 Å². The minimum Gasteiger partial charge on any atom is -0.493 e. The molecule has 0 spiro atoms. The van der Waals surface area contributed by atoms with E-state index in [2.05, 4.69) is 0 Å². The molecule has 1 fully saturated rings. The molecule has 0 bridgehead atoms. The fourth-order valence-corrected chi connectivity index (χ4v) is 2.51. The molecule has 0 aromatic heterocycles. The van der Waals surface area contributed by atoms with Gasteiger partial charge in [0.25, 0.3) is 0 Å². The highest BCUT2D eigenvalue weighted by atomic mass is 16.5. The number of para-hydroxylation sites is 1. The van der Waals surface area contributed by atoms with E-state index in [9.17, 15) is 5.11 Å². The van der Waals surface area contributed by atoms with Crippen LogP contribution in [0.2, 0.25) is 0 Å². The molecule has 0 unspecified atom stereocenters. The van der Waals surface area contributed by atoms with Crippen molar-refractivity contribution in [2.45, 2.75) is 51.2 Å². The molecular weight excluding hydrogens is 228 g/mol. The normalized spacial score (nSPS) is 17.2. The van der Waals surface area contributed by atoms with E-state index in [0.29, 0.717) is 5.75 Å². The van der Waals surface area contributed by atoms with Gasteiger partial charge in [0.05, 0.1) is 19.8 Å². The number of hydrogen-bond donors (Lipinski definition) is 1. The Morgan fingerprint density at radius 2 is 1.89 bits per heavy atom. The van der Waals surface area contributed by atoms with Crippen molar-refractivity contribution in [1.29, 1.82) is 0 Å². The van der Waals surface area contributed by atoms with Crippen LogP contribution in [-0.4, -0.2) is 18.3 Å². The van der Waals surface area contributed by atoms with Crippen molar-refractivity contribution in [2.24, 2.45) is 0 Å². The van der Waals surface area contributed by atoms with Crippen LogP contribution in [0, 0.1) is 0 Å². The summed E-state index contributed by atoms with van der Waals surface area (Å²) < 4.78 is 11.4. The molecule has 1 aromatic rings. The molecular formula is C15H22O3. The first-order chi connectivity index (χ1) is 8.85. The third-order valence-electron chi connectivity index (χ3n) is 3.54. The van der Waals surface area contributed by atoms with E-state index in [1.54, 1.807) is 7.11 Å². The zero-order valence-corrected chi connectivity index (χ0v) is 11.0. The van der Waals surface area contributed by atoms with Crippen LogP contribution in [0.5, 0.6) is 11.5 Å². The standard InChI is InChI=1S/C15H22O3/c1-17-14-10-6-7-12(11-16)15(14)18-13-8-4-2-3-5-9-13/h6-7,10,13,16H,2-5,8-9,11H2,1H3. The number of methoxy groups -OCH3 is 1. The van der Waals surface area contributed by atoms with Gasteiger partial charge in [-0.1, -0.05) is 25.0 Å². The van der Waals surface area contributed by atoms with E-state index in [1.165, 1.54) is 25.7 Å². The van der Waals surface area contributed by atoms with Crippen LogP contribution in [0.4, 0.5) is 0 Å². The Balaban J connectivity index is 2.15. The molecule has 2 rings (SSSR count). The molecule has 0 aliphatic heterocycles. The van der Waals surface area contributed by atoms with Gasteiger partial charge in [0.1, 0.15) is 0 Å². The van der Waals surface area contributed by atoms with Crippen molar-refractivity contribution in [3.05, 3.63) is 23.8 Å². The van der Waals surface area contributed by atoms with Crippen LogP contribution in [-0.2, 0) is 6.61 Å². The molecule has 100 valence electrons. The van der Waals surface area contributed by atoms with E-state index in [4.69, 9.17) is 9.47 Å². The van der Waals surface area contributed by atoms with Gasteiger partial charge in [-0.2, -0.15) is 0 Å². The third kappa shape index (κ3) is 3.16. The second-order valence-electron chi connectivity index (χ2n) is 4.84. The van der Waals surface area contributed by atoms with E-state index in [-0.39, 0.29) is 12.7 Å². The average Bonchev–Trinajstić information content (AvgIpc) is 2.67. The summed E-state index contributed by atoms with van der Waals surface area (Å²) in [5.74, 6) is 1.43. The molecule has 18 heavy (non-hydrogen) atoms. The van der Waals surface area contributed by atoms with Crippen LogP contribution >= 0.6 is 0 Å². The number of benzene rings is 1. The second kappa shape index (κ2) is 6.64. The Hall–Kier alpha value is -1.22. The highest BCUT2D eigenvalue weighted by molar-refractivity contribution is 5.46. The van der Waals surface area contributed by atoms with E-state index in [1.807, 2.05) is 18.2 Å². The van der Waals surface area contributed by atoms with Crippen molar-refractivity contribution in [3.63, 3.8) is 0 Å². The zero-order chi connectivity index (χ0) is 12.8. The Labute approximate surface area is 109 Å². The van der Waals surface area contributed by atoms with Gasteiger partial charge in [0.2, 0.25) is 0 Å². The van der Waals surface area contributed by atoms with E-state index in [0.717, 1.165) is 24.2 Å². The fourth-order valence-electron chi connectivity index (χ4n) is 2.51. The van der Waals surface area contributed by atoms with Crippen molar-refractivity contribution in [2.75, 3.05) is 7.11 Å². The first-order valence-corrected chi connectivity index (χ1v) is 6.78. The molecule has 1 N–H and O–H groups in total. The summed E-state index contributed by atoms with van der Waals surface area (Å²) in [6.07, 6.45) is 7.53. The lowest BCUT2D eigenvalue weighted by molar-refractivity contribution is 0.169. The Morgan fingerprint density at radius 1 is 1.17 bits per heavy atom. The van der Waals surface area contributed by atoms with E-state index >= 15 is 0 Å². The third-order valence-corrected chi connectivity index (χ3v) is 3.54. The number of aliphatic hydroxyl groups excluding tert-OH is 1.